The van der Waals surface area contributed by atoms with Gasteiger partial charge in [-0.25, -0.2) is 4.68 Å². The van der Waals surface area contributed by atoms with Gasteiger partial charge in [0.05, 0.1) is 18.2 Å². The summed E-state index contributed by atoms with van der Waals surface area (Å²) in [5.74, 6) is 0.446. The lowest BCUT2D eigenvalue weighted by Gasteiger charge is -2.20. The highest BCUT2D eigenvalue weighted by Crippen LogP contribution is 2.27. The summed E-state index contributed by atoms with van der Waals surface area (Å²) in [5, 5.41) is 27.1. The van der Waals surface area contributed by atoms with Gasteiger partial charge in [-0.15, -0.1) is 0 Å². The third kappa shape index (κ3) is 5.27. The van der Waals surface area contributed by atoms with Crippen LogP contribution in [0.1, 0.15) is 19.5 Å². The molecule has 2 N–H and O–H groups in total. The first-order chi connectivity index (χ1) is 10.5. The van der Waals surface area contributed by atoms with Crippen molar-refractivity contribution in [2.75, 3.05) is 38.2 Å². The summed E-state index contributed by atoms with van der Waals surface area (Å²) in [5.41, 5.74) is 0.454. The number of nitrogens with one attached hydrogen (secondary N) is 1. The van der Waals surface area contributed by atoms with Crippen molar-refractivity contribution < 1.29 is 22.4 Å². The van der Waals surface area contributed by atoms with E-state index in [4.69, 9.17) is 5.11 Å². The lowest BCUT2D eigenvalue weighted by atomic mass is 10.3. The summed E-state index contributed by atoms with van der Waals surface area (Å²) in [6, 6.07) is 0. The minimum Gasteiger partial charge on any atom is -1.00 e. The van der Waals surface area contributed by atoms with Crippen molar-refractivity contribution >= 4 is 11.5 Å². The van der Waals surface area contributed by atoms with Crippen LogP contribution in [0.15, 0.2) is 12.4 Å². The highest BCUT2D eigenvalue weighted by Gasteiger charge is 2.23. The number of aliphatic hydroxyl groups excluding tert-OH is 1. The zero-order valence-electron chi connectivity index (χ0n) is 13.3. The Morgan fingerprint density at radius 2 is 2.00 bits per heavy atom. The van der Waals surface area contributed by atoms with Gasteiger partial charge in [0.25, 0.3) is 0 Å². The average Bonchev–Trinajstić information content (AvgIpc) is 3.00. The first-order valence-corrected chi connectivity index (χ1v) is 7.22. The molecule has 0 bridgehead atoms. The van der Waals surface area contributed by atoms with Gasteiger partial charge < -0.3 is 32.6 Å². The molecule has 9 nitrogen and oxygen atoms in total. The lowest BCUT2D eigenvalue weighted by Crippen LogP contribution is -3.00. The third-order valence-corrected chi connectivity index (χ3v) is 3.53. The predicted molar refractivity (Wildman–Crippen MR) is 88.9 cm³/mol. The summed E-state index contributed by atoms with van der Waals surface area (Å²) >= 11 is 0. The molecule has 0 atom stereocenters. The monoisotopic (exact) mass is 361 g/mol. The number of aliphatic hydroxyl groups is 1. The van der Waals surface area contributed by atoms with Crippen LogP contribution in [0.5, 0.6) is 0 Å². The van der Waals surface area contributed by atoms with Crippen LogP contribution in [-0.2, 0) is 7.05 Å². The summed E-state index contributed by atoms with van der Waals surface area (Å²) in [4.78, 5) is 14.8. The van der Waals surface area contributed by atoms with E-state index in [2.05, 4.69) is 15.3 Å². The number of nitrogens with zero attached hydrogens (tertiary/aromatic N) is 5. The van der Waals surface area contributed by atoms with Crippen LogP contribution in [0.4, 0.5) is 11.5 Å². The van der Waals surface area contributed by atoms with Gasteiger partial charge in [0, 0.05) is 39.1 Å². The largest absolute Gasteiger partial charge is 1.00 e. The first kappa shape index (κ1) is 22.0. The highest BCUT2D eigenvalue weighted by molar-refractivity contribution is 5.59. The molecule has 24 heavy (non-hydrogen) atoms. The SMILES string of the molecule is C.Cc1nn(C)c(NCCCN2C=CN(CCO)C2)c1[N+](=O)[O-].[Cl-]. The second-order valence-corrected chi connectivity index (χ2v) is 5.23. The van der Waals surface area contributed by atoms with Crippen LogP contribution in [0.25, 0.3) is 0 Å². The number of aryl methyl sites for hydroxylation is 2. The van der Waals surface area contributed by atoms with E-state index >= 15 is 0 Å². The van der Waals surface area contributed by atoms with Gasteiger partial charge in [0.15, 0.2) is 0 Å². The van der Waals surface area contributed by atoms with Crippen LogP contribution in [0.3, 0.4) is 0 Å². The maximum Gasteiger partial charge on any atom is 0.333 e. The number of halogens is 1. The highest BCUT2D eigenvalue weighted by atomic mass is 35.5. The molecular formula is C14H26ClN6O3-. The van der Waals surface area contributed by atoms with E-state index in [9.17, 15) is 10.1 Å². The molecule has 0 saturated carbocycles. The van der Waals surface area contributed by atoms with Gasteiger partial charge >= 0.3 is 5.69 Å². The van der Waals surface area contributed by atoms with E-state index in [0.717, 1.165) is 19.6 Å². The Balaban J connectivity index is 0.00000264. The molecule has 2 heterocycles. The van der Waals surface area contributed by atoms with E-state index in [1.165, 1.54) is 4.68 Å². The summed E-state index contributed by atoms with van der Waals surface area (Å²) in [6.45, 7) is 4.65. The Morgan fingerprint density at radius 1 is 1.38 bits per heavy atom. The van der Waals surface area contributed by atoms with Crippen LogP contribution in [0.2, 0.25) is 0 Å². The third-order valence-electron chi connectivity index (χ3n) is 3.53. The number of anilines is 1. The molecule has 1 aliphatic heterocycles. The van der Waals surface area contributed by atoms with Gasteiger partial charge in [-0.05, 0) is 13.3 Å². The maximum absolute atomic E-state index is 11.1. The zero-order valence-corrected chi connectivity index (χ0v) is 14.0. The van der Waals surface area contributed by atoms with Crippen molar-refractivity contribution in [1.82, 2.24) is 19.6 Å². The molecule has 0 unspecified atom stereocenters. The molecule has 10 heteroatoms. The van der Waals surface area contributed by atoms with Gasteiger partial charge in [-0.3, -0.25) is 10.1 Å². The van der Waals surface area contributed by atoms with Crippen molar-refractivity contribution in [2.45, 2.75) is 20.8 Å². The molecule has 138 valence electrons. The lowest BCUT2D eigenvalue weighted by molar-refractivity contribution is -0.384. The molecule has 0 radical (unpaired) electrons. The quantitative estimate of drug-likeness (QED) is 0.317. The molecule has 1 aliphatic rings. The van der Waals surface area contributed by atoms with Crippen molar-refractivity contribution in [3.63, 3.8) is 0 Å². The standard InChI is InChI=1S/C13H22N6O3.CH4.ClH/c1-11-12(19(21)22)13(16(2)15-11)14-4-3-5-17-6-7-18(10-17)8-9-20;;/h6-7,14,20H,3-5,8-10H2,1-2H3;1H4;1H/p-1. The van der Waals surface area contributed by atoms with E-state index in [1.807, 2.05) is 17.3 Å². The Labute approximate surface area is 148 Å². The molecule has 1 aromatic heterocycles. The van der Waals surface area contributed by atoms with E-state index in [0.29, 0.717) is 24.6 Å². The van der Waals surface area contributed by atoms with Crippen molar-refractivity contribution in [3.8, 4) is 0 Å². The fraction of sp³-hybridized carbons (Fsp3) is 0.643. The minimum atomic E-state index is -0.402. The number of rotatable bonds is 8. The van der Waals surface area contributed by atoms with Gasteiger partial charge in [0.2, 0.25) is 5.82 Å². The molecule has 0 fully saturated rings. The number of nitro groups is 1. The minimum absolute atomic E-state index is 0. The second-order valence-electron chi connectivity index (χ2n) is 5.23. The fourth-order valence-electron chi connectivity index (χ4n) is 2.49. The van der Waals surface area contributed by atoms with Crippen LogP contribution < -0.4 is 17.7 Å². The Bertz CT molecular complexity index is 563. The zero-order chi connectivity index (χ0) is 16.1. The Hall–Kier alpha value is -2.00. The van der Waals surface area contributed by atoms with Crippen LogP contribution in [-0.4, -0.2) is 62.5 Å². The second kappa shape index (κ2) is 9.99. The summed E-state index contributed by atoms with van der Waals surface area (Å²) in [6.07, 6.45) is 4.80. The Morgan fingerprint density at radius 3 is 2.58 bits per heavy atom. The van der Waals surface area contributed by atoms with E-state index in [-0.39, 0.29) is 32.1 Å². The van der Waals surface area contributed by atoms with Gasteiger partial charge in [-0.1, -0.05) is 7.43 Å². The summed E-state index contributed by atoms with van der Waals surface area (Å²) in [7, 11) is 1.69. The van der Waals surface area contributed by atoms with Gasteiger partial charge in [-0.2, -0.15) is 5.10 Å². The van der Waals surface area contributed by atoms with E-state index < -0.39 is 4.92 Å². The molecular weight excluding hydrogens is 336 g/mol. The summed E-state index contributed by atoms with van der Waals surface area (Å²) < 4.78 is 1.51. The number of hydrogen-bond acceptors (Lipinski definition) is 7. The van der Waals surface area contributed by atoms with Crippen LogP contribution >= 0.6 is 0 Å². The Kier molecular flexibility index (Phi) is 9.16. The topological polar surface area (TPSA) is 99.7 Å². The van der Waals surface area contributed by atoms with Crippen molar-refractivity contribution in [3.05, 3.63) is 28.2 Å². The fourth-order valence-corrected chi connectivity index (χ4v) is 2.49. The van der Waals surface area contributed by atoms with Crippen LogP contribution in [0, 0.1) is 17.0 Å². The van der Waals surface area contributed by atoms with Gasteiger partial charge in [0.1, 0.15) is 5.69 Å². The average molecular weight is 362 g/mol. The van der Waals surface area contributed by atoms with Crippen molar-refractivity contribution in [2.24, 2.45) is 7.05 Å². The molecule has 0 aliphatic carbocycles. The molecule has 0 spiro atoms. The number of aromatic nitrogens is 2. The molecule has 1 aromatic rings. The molecule has 0 saturated heterocycles. The molecule has 2 rings (SSSR count). The maximum atomic E-state index is 11.1. The smallest absolute Gasteiger partial charge is 0.333 e. The predicted octanol–water partition coefficient (Wildman–Crippen LogP) is -1.88. The van der Waals surface area contributed by atoms with E-state index in [1.54, 1.807) is 14.0 Å². The molecule has 0 amide bonds. The normalized spacial score (nSPS) is 12.8. The molecule has 0 aromatic carbocycles. The first-order valence-electron chi connectivity index (χ1n) is 7.22. The van der Waals surface area contributed by atoms with Crippen molar-refractivity contribution in [1.29, 1.82) is 0 Å². The number of β-amino-alcohol motifs (C(OH)–C–C–N with tert-alkyl or cyclic N) is 1. The number of hydrogen-bond donors (Lipinski definition) is 2.